The van der Waals surface area contributed by atoms with Crippen LogP contribution in [0.25, 0.3) is 0 Å². The van der Waals surface area contributed by atoms with Gasteiger partial charge in [-0.2, -0.15) is 0 Å². The Morgan fingerprint density at radius 3 is 2.00 bits per heavy atom. The van der Waals surface area contributed by atoms with Gasteiger partial charge in [0.2, 0.25) is 0 Å². The molecular formula is C12H22FN. The standard InChI is InChI=1S/C12H22FN/c1-11(13)8-12(14,9-11)10-6-4-2-3-5-7-10/h10H,2-9,14H2,1H3. The smallest absolute Gasteiger partial charge is 0.111 e. The highest BCUT2D eigenvalue weighted by molar-refractivity contribution is 5.09. The molecule has 0 aromatic rings. The van der Waals surface area contributed by atoms with Gasteiger partial charge in [-0.05, 0) is 38.5 Å². The Morgan fingerprint density at radius 2 is 1.57 bits per heavy atom. The molecule has 2 aliphatic rings. The zero-order valence-electron chi connectivity index (χ0n) is 9.19. The van der Waals surface area contributed by atoms with Crippen molar-refractivity contribution in [3.63, 3.8) is 0 Å². The highest BCUT2D eigenvalue weighted by atomic mass is 19.1. The van der Waals surface area contributed by atoms with Gasteiger partial charge in [0.25, 0.3) is 0 Å². The van der Waals surface area contributed by atoms with Crippen LogP contribution in [0.5, 0.6) is 0 Å². The molecule has 2 N–H and O–H groups in total. The van der Waals surface area contributed by atoms with E-state index in [2.05, 4.69) is 0 Å². The first-order valence-corrected chi connectivity index (χ1v) is 6.00. The van der Waals surface area contributed by atoms with E-state index in [4.69, 9.17) is 5.73 Å². The minimum Gasteiger partial charge on any atom is -0.325 e. The molecule has 0 aromatic carbocycles. The minimum atomic E-state index is -0.971. The summed E-state index contributed by atoms with van der Waals surface area (Å²) in [6, 6.07) is 0. The van der Waals surface area contributed by atoms with E-state index in [0.717, 1.165) is 0 Å². The van der Waals surface area contributed by atoms with Gasteiger partial charge < -0.3 is 5.73 Å². The van der Waals surface area contributed by atoms with Crippen molar-refractivity contribution in [2.75, 3.05) is 0 Å². The lowest BCUT2D eigenvalue weighted by atomic mass is 9.60. The summed E-state index contributed by atoms with van der Waals surface area (Å²) in [4.78, 5) is 0. The van der Waals surface area contributed by atoms with Crippen LogP contribution >= 0.6 is 0 Å². The topological polar surface area (TPSA) is 26.0 Å². The third kappa shape index (κ3) is 1.95. The zero-order chi connectivity index (χ0) is 10.2. The molecule has 1 nitrogen and oxygen atoms in total. The molecule has 0 aromatic heterocycles. The molecule has 2 rings (SSSR count). The first-order chi connectivity index (χ1) is 6.52. The van der Waals surface area contributed by atoms with Crippen LogP contribution in [0, 0.1) is 5.92 Å². The van der Waals surface area contributed by atoms with Crippen LogP contribution in [0.3, 0.4) is 0 Å². The lowest BCUT2D eigenvalue weighted by Crippen LogP contribution is -2.62. The molecule has 0 atom stereocenters. The zero-order valence-corrected chi connectivity index (χ0v) is 9.19. The maximum atomic E-state index is 13.5. The van der Waals surface area contributed by atoms with Crippen LogP contribution in [0.1, 0.15) is 58.3 Å². The van der Waals surface area contributed by atoms with Gasteiger partial charge in [0, 0.05) is 5.54 Å². The van der Waals surface area contributed by atoms with Gasteiger partial charge in [-0.3, -0.25) is 0 Å². The first-order valence-electron chi connectivity index (χ1n) is 6.00. The van der Waals surface area contributed by atoms with E-state index in [0.29, 0.717) is 18.8 Å². The Balaban J connectivity index is 1.94. The number of halogens is 1. The van der Waals surface area contributed by atoms with Crippen molar-refractivity contribution < 1.29 is 4.39 Å². The number of nitrogens with two attached hydrogens (primary N) is 1. The summed E-state index contributed by atoms with van der Waals surface area (Å²) in [7, 11) is 0. The van der Waals surface area contributed by atoms with Crippen LogP contribution in [0.4, 0.5) is 4.39 Å². The second-order valence-corrected chi connectivity index (χ2v) is 5.69. The van der Waals surface area contributed by atoms with Gasteiger partial charge in [0.1, 0.15) is 5.67 Å². The molecule has 0 bridgehead atoms. The van der Waals surface area contributed by atoms with Gasteiger partial charge >= 0.3 is 0 Å². The second-order valence-electron chi connectivity index (χ2n) is 5.69. The van der Waals surface area contributed by atoms with Gasteiger partial charge in [-0.25, -0.2) is 4.39 Å². The van der Waals surface area contributed by atoms with Crippen LogP contribution in [0.15, 0.2) is 0 Å². The molecule has 0 heterocycles. The summed E-state index contributed by atoms with van der Waals surface area (Å²) >= 11 is 0. The lowest BCUT2D eigenvalue weighted by Gasteiger charge is -2.52. The summed E-state index contributed by atoms with van der Waals surface area (Å²) in [6.07, 6.45) is 8.92. The predicted molar refractivity (Wildman–Crippen MR) is 56.9 cm³/mol. The summed E-state index contributed by atoms with van der Waals surface area (Å²) in [5.41, 5.74) is 5.15. The maximum absolute atomic E-state index is 13.5. The van der Waals surface area contributed by atoms with Crippen molar-refractivity contribution in [1.29, 1.82) is 0 Å². The quantitative estimate of drug-likeness (QED) is 0.645. The van der Waals surface area contributed by atoms with Crippen molar-refractivity contribution in [2.24, 2.45) is 11.7 Å². The van der Waals surface area contributed by atoms with Gasteiger partial charge in [-0.15, -0.1) is 0 Å². The molecule has 0 aliphatic heterocycles. The number of alkyl halides is 1. The average Bonchev–Trinajstić information content (AvgIpc) is 2.27. The monoisotopic (exact) mass is 199 g/mol. The molecule has 2 aliphatic carbocycles. The molecule has 0 unspecified atom stereocenters. The van der Waals surface area contributed by atoms with Gasteiger partial charge in [0.05, 0.1) is 0 Å². The summed E-state index contributed by atoms with van der Waals surface area (Å²) in [5, 5.41) is 0. The minimum absolute atomic E-state index is 0.159. The van der Waals surface area contributed by atoms with Crippen molar-refractivity contribution >= 4 is 0 Å². The summed E-state index contributed by atoms with van der Waals surface area (Å²) in [5.74, 6) is 0.592. The average molecular weight is 199 g/mol. The molecule has 0 saturated heterocycles. The van der Waals surface area contributed by atoms with Crippen molar-refractivity contribution in [3.8, 4) is 0 Å². The van der Waals surface area contributed by atoms with Crippen LogP contribution < -0.4 is 5.73 Å². The SMILES string of the molecule is CC1(F)CC(N)(C2CCCCCC2)C1. The third-order valence-electron chi connectivity index (χ3n) is 4.06. The Hall–Kier alpha value is -0.110. The van der Waals surface area contributed by atoms with Crippen LogP contribution in [-0.4, -0.2) is 11.2 Å². The van der Waals surface area contributed by atoms with Gasteiger partial charge in [0.15, 0.2) is 0 Å². The fraction of sp³-hybridized carbons (Fsp3) is 1.00. The Bertz CT molecular complexity index is 196. The highest BCUT2D eigenvalue weighted by Crippen LogP contribution is 2.49. The molecule has 2 heteroatoms. The number of rotatable bonds is 1. The van der Waals surface area contributed by atoms with E-state index in [1.807, 2.05) is 0 Å². The van der Waals surface area contributed by atoms with E-state index in [-0.39, 0.29) is 5.54 Å². The van der Waals surface area contributed by atoms with Crippen LogP contribution in [-0.2, 0) is 0 Å². The fourth-order valence-electron chi connectivity index (χ4n) is 3.46. The number of hydrogen-bond donors (Lipinski definition) is 1. The highest BCUT2D eigenvalue weighted by Gasteiger charge is 2.53. The number of hydrogen-bond acceptors (Lipinski definition) is 1. The summed E-state index contributed by atoms with van der Waals surface area (Å²) < 4.78 is 13.5. The molecule has 0 amide bonds. The Labute approximate surface area is 86.2 Å². The molecule has 14 heavy (non-hydrogen) atoms. The molecule has 2 saturated carbocycles. The van der Waals surface area contributed by atoms with E-state index < -0.39 is 5.67 Å². The van der Waals surface area contributed by atoms with Crippen LogP contribution in [0.2, 0.25) is 0 Å². The maximum Gasteiger partial charge on any atom is 0.111 e. The van der Waals surface area contributed by atoms with Crippen molar-refractivity contribution in [2.45, 2.75) is 69.5 Å². The van der Waals surface area contributed by atoms with E-state index in [9.17, 15) is 4.39 Å². The molecule has 0 spiro atoms. The molecule has 2 fully saturated rings. The van der Waals surface area contributed by atoms with E-state index in [1.165, 1.54) is 38.5 Å². The molecular weight excluding hydrogens is 177 g/mol. The van der Waals surface area contributed by atoms with Gasteiger partial charge in [-0.1, -0.05) is 25.7 Å². The van der Waals surface area contributed by atoms with E-state index >= 15 is 0 Å². The largest absolute Gasteiger partial charge is 0.325 e. The van der Waals surface area contributed by atoms with Crippen molar-refractivity contribution in [3.05, 3.63) is 0 Å². The lowest BCUT2D eigenvalue weighted by molar-refractivity contribution is -0.0321. The third-order valence-corrected chi connectivity index (χ3v) is 4.06. The first kappa shape index (κ1) is 10.4. The van der Waals surface area contributed by atoms with Crippen molar-refractivity contribution in [1.82, 2.24) is 0 Å². The second kappa shape index (κ2) is 3.48. The summed E-state index contributed by atoms with van der Waals surface area (Å²) in [6.45, 7) is 1.69. The van der Waals surface area contributed by atoms with E-state index in [1.54, 1.807) is 6.92 Å². The Morgan fingerprint density at radius 1 is 1.07 bits per heavy atom. The molecule has 0 radical (unpaired) electrons. The predicted octanol–water partition coefficient (Wildman–Crippen LogP) is 3.18. The Kier molecular flexibility index (Phi) is 2.59. The fourth-order valence-corrected chi connectivity index (χ4v) is 3.46. The molecule has 82 valence electrons. The normalized spacial score (nSPS) is 45.6.